The maximum absolute atomic E-state index is 5.15. The average molecular weight is 511 g/mol. The molecule has 0 saturated carbocycles. The van der Waals surface area contributed by atoms with E-state index in [1.807, 2.05) is 12.3 Å². The molecule has 0 aliphatic heterocycles. The van der Waals surface area contributed by atoms with Gasteiger partial charge >= 0.3 is 0 Å². The molecule has 0 unspecified atom stereocenters. The first-order chi connectivity index (χ1) is 19.2. The zero-order valence-corrected chi connectivity index (χ0v) is 22.2. The summed E-state index contributed by atoms with van der Waals surface area (Å²) in [7, 11) is 4.23. The number of hydrogen-bond donors (Lipinski definition) is 1. The first kappa shape index (κ1) is 23.4. The van der Waals surface area contributed by atoms with Gasteiger partial charge in [0.05, 0.1) is 5.52 Å². The predicted molar refractivity (Wildman–Crippen MR) is 160 cm³/mol. The van der Waals surface area contributed by atoms with Gasteiger partial charge < -0.3 is 14.5 Å². The van der Waals surface area contributed by atoms with E-state index in [0.717, 1.165) is 58.6 Å². The van der Waals surface area contributed by atoms with E-state index in [0.29, 0.717) is 0 Å². The van der Waals surface area contributed by atoms with E-state index in [2.05, 4.69) is 125 Å². The number of hydrogen-bond acceptors (Lipinski definition) is 3. The summed E-state index contributed by atoms with van der Waals surface area (Å²) in [6.07, 6.45) is 9.28. The molecule has 0 saturated heterocycles. The van der Waals surface area contributed by atoms with Crippen LogP contribution in [-0.4, -0.2) is 49.9 Å². The van der Waals surface area contributed by atoms with Crippen LogP contribution >= 0.6 is 0 Å². The lowest BCUT2D eigenvalue weighted by molar-refractivity contribution is 0.383. The van der Waals surface area contributed by atoms with E-state index in [4.69, 9.17) is 10.1 Å². The molecule has 0 atom stereocenters. The number of H-pyrrole nitrogens is 1. The van der Waals surface area contributed by atoms with Gasteiger partial charge in [0.2, 0.25) is 0 Å². The lowest BCUT2D eigenvalue weighted by Gasteiger charge is -2.09. The summed E-state index contributed by atoms with van der Waals surface area (Å²) in [5, 5.41) is 9.87. The number of aromatic amines is 1. The van der Waals surface area contributed by atoms with Gasteiger partial charge in [0, 0.05) is 64.5 Å². The Hall–Kier alpha value is -4.68. The van der Waals surface area contributed by atoms with E-state index < -0.39 is 0 Å². The van der Waals surface area contributed by atoms with Crippen LogP contribution in [0.4, 0.5) is 0 Å². The Morgan fingerprint density at radius 3 is 2.49 bits per heavy atom. The summed E-state index contributed by atoms with van der Waals surface area (Å²) in [5.74, 6) is 0. The molecule has 0 spiro atoms. The van der Waals surface area contributed by atoms with Gasteiger partial charge in [-0.05, 0) is 68.2 Å². The minimum atomic E-state index is 0.879. The monoisotopic (exact) mass is 510 g/mol. The lowest BCUT2D eigenvalue weighted by Crippen LogP contribution is -2.15. The van der Waals surface area contributed by atoms with Crippen molar-refractivity contribution in [3.8, 4) is 28.1 Å². The van der Waals surface area contributed by atoms with E-state index in [-0.39, 0.29) is 0 Å². The van der Waals surface area contributed by atoms with Gasteiger partial charge in [0.15, 0.2) is 0 Å². The second-order valence-corrected chi connectivity index (χ2v) is 10.3. The molecule has 7 rings (SSSR count). The van der Waals surface area contributed by atoms with Crippen molar-refractivity contribution in [2.45, 2.75) is 13.0 Å². The largest absolute Gasteiger partial charge is 0.366 e. The molecule has 6 heteroatoms. The molecule has 0 radical (unpaired) electrons. The Bertz CT molecular complexity index is 1940. The van der Waals surface area contributed by atoms with Gasteiger partial charge in [0.1, 0.15) is 11.3 Å². The summed E-state index contributed by atoms with van der Waals surface area (Å²) in [5.41, 5.74) is 7.55. The van der Waals surface area contributed by atoms with Crippen LogP contribution in [0.5, 0.6) is 0 Å². The molecule has 0 amide bonds. The van der Waals surface area contributed by atoms with Crippen LogP contribution in [0.2, 0.25) is 0 Å². The van der Waals surface area contributed by atoms with Crippen molar-refractivity contribution in [1.82, 2.24) is 29.2 Å². The Labute approximate surface area is 227 Å². The molecule has 0 aliphatic rings. The van der Waals surface area contributed by atoms with Crippen molar-refractivity contribution >= 4 is 32.7 Å². The third-order valence-corrected chi connectivity index (χ3v) is 7.50. The highest BCUT2D eigenvalue weighted by Gasteiger charge is 2.20. The molecule has 7 aromatic rings. The summed E-state index contributed by atoms with van der Waals surface area (Å²) in [6, 6.07) is 27.7. The quantitative estimate of drug-likeness (QED) is 0.248. The molecule has 0 fully saturated rings. The minimum Gasteiger partial charge on any atom is -0.366 e. The number of aromatic nitrogens is 5. The van der Waals surface area contributed by atoms with Crippen molar-refractivity contribution in [3.05, 3.63) is 104 Å². The summed E-state index contributed by atoms with van der Waals surface area (Å²) < 4.78 is 4.36. The molecule has 3 aromatic carbocycles. The minimum absolute atomic E-state index is 0.879. The standard InChI is InChI=1S/C33H30N6/c1-37(2)17-8-18-39-31-13-6-5-11-27(31)32(36-39)29-21-34-20-28(29)30-22-38(33-26(30)12-7-16-35-33)25-15-14-23-9-3-4-10-24(23)19-25/h3-7,9-16,19-22,34H,8,17-18H2,1-2H3. The SMILES string of the molecule is CN(C)CCCn1nc(-c2c[nH]cc2-c2cn(-c3ccc4ccccc4c3)c3ncccc23)c2ccccc21. The molecule has 4 aromatic heterocycles. The van der Waals surface area contributed by atoms with Crippen molar-refractivity contribution in [3.63, 3.8) is 0 Å². The van der Waals surface area contributed by atoms with Gasteiger partial charge in [-0.1, -0.05) is 48.5 Å². The third-order valence-electron chi connectivity index (χ3n) is 7.50. The fourth-order valence-corrected chi connectivity index (χ4v) is 5.61. The van der Waals surface area contributed by atoms with Crippen LogP contribution in [0.3, 0.4) is 0 Å². The predicted octanol–water partition coefficient (Wildman–Crippen LogP) is 7.14. The molecule has 1 N–H and O–H groups in total. The molecular weight excluding hydrogens is 480 g/mol. The van der Waals surface area contributed by atoms with E-state index in [9.17, 15) is 0 Å². The zero-order valence-electron chi connectivity index (χ0n) is 22.2. The Morgan fingerprint density at radius 2 is 1.59 bits per heavy atom. The van der Waals surface area contributed by atoms with Gasteiger partial charge in [-0.3, -0.25) is 4.68 Å². The number of benzene rings is 3. The number of para-hydroxylation sites is 1. The third kappa shape index (κ3) is 4.10. The fourth-order valence-electron chi connectivity index (χ4n) is 5.61. The average Bonchev–Trinajstić information content (AvgIpc) is 3.68. The Morgan fingerprint density at radius 1 is 0.795 bits per heavy atom. The van der Waals surface area contributed by atoms with Gasteiger partial charge in [-0.15, -0.1) is 0 Å². The second kappa shape index (κ2) is 9.57. The van der Waals surface area contributed by atoms with Crippen molar-refractivity contribution in [2.75, 3.05) is 20.6 Å². The zero-order chi connectivity index (χ0) is 26.3. The van der Waals surface area contributed by atoms with Gasteiger partial charge in [0.25, 0.3) is 0 Å². The van der Waals surface area contributed by atoms with Crippen molar-refractivity contribution in [2.24, 2.45) is 0 Å². The van der Waals surface area contributed by atoms with E-state index in [1.165, 1.54) is 21.7 Å². The van der Waals surface area contributed by atoms with Gasteiger partial charge in [-0.2, -0.15) is 5.10 Å². The van der Waals surface area contributed by atoms with E-state index in [1.54, 1.807) is 0 Å². The first-order valence-corrected chi connectivity index (χ1v) is 13.4. The molecule has 6 nitrogen and oxygen atoms in total. The summed E-state index contributed by atoms with van der Waals surface area (Å²) in [6.45, 7) is 1.91. The summed E-state index contributed by atoms with van der Waals surface area (Å²) in [4.78, 5) is 10.4. The second-order valence-electron chi connectivity index (χ2n) is 10.3. The number of nitrogens with one attached hydrogen (secondary N) is 1. The number of rotatable bonds is 7. The lowest BCUT2D eigenvalue weighted by atomic mass is 10.0. The van der Waals surface area contributed by atoms with Crippen LogP contribution in [0, 0.1) is 0 Å². The number of nitrogens with zero attached hydrogens (tertiary/aromatic N) is 5. The number of aryl methyl sites for hydroxylation is 1. The molecule has 0 aliphatic carbocycles. The molecular formula is C33H30N6. The highest BCUT2D eigenvalue weighted by Crippen LogP contribution is 2.39. The maximum atomic E-state index is 5.15. The highest BCUT2D eigenvalue weighted by atomic mass is 15.3. The fraction of sp³-hybridized carbons (Fsp3) is 0.152. The molecule has 192 valence electrons. The van der Waals surface area contributed by atoms with Crippen molar-refractivity contribution < 1.29 is 0 Å². The van der Waals surface area contributed by atoms with Crippen LogP contribution in [0.1, 0.15) is 6.42 Å². The van der Waals surface area contributed by atoms with Crippen LogP contribution in [0.15, 0.2) is 104 Å². The maximum Gasteiger partial charge on any atom is 0.145 e. The van der Waals surface area contributed by atoms with Gasteiger partial charge in [-0.25, -0.2) is 4.98 Å². The Balaban J connectivity index is 1.37. The number of fused-ring (bicyclic) bond motifs is 3. The van der Waals surface area contributed by atoms with Crippen LogP contribution < -0.4 is 0 Å². The topological polar surface area (TPSA) is 54.7 Å². The summed E-state index contributed by atoms with van der Waals surface area (Å²) >= 11 is 0. The van der Waals surface area contributed by atoms with Crippen molar-refractivity contribution in [1.29, 1.82) is 0 Å². The molecule has 4 heterocycles. The highest BCUT2D eigenvalue weighted by molar-refractivity contribution is 6.03. The molecule has 39 heavy (non-hydrogen) atoms. The molecule has 0 bridgehead atoms. The first-order valence-electron chi connectivity index (χ1n) is 13.4. The van der Waals surface area contributed by atoms with E-state index >= 15 is 0 Å². The van der Waals surface area contributed by atoms with Crippen LogP contribution in [-0.2, 0) is 6.54 Å². The normalized spacial score (nSPS) is 11.9. The Kier molecular flexibility index (Phi) is 5.75. The van der Waals surface area contributed by atoms with Crippen LogP contribution in [0.25, 0.3) is 60.8 Å². The smallest absolute Gasteiger partial charge is 0.145 e. The number of pyridine rings is 1.